The second-order valence-corrected chi connectivity index (χ2v) is 6.83. The molecule has 1 aromatic carbocycles. The highest BCUT2D eigenvalue weighted by atomic mass is 16.7. The summed E-state index contributed by atoms with van der Waals surface area (Å²) in [7, 11) is 0. The van der Waals surface area contributed by atoms with Crippen LogP contribution in [0.15, 0.2) is 12.1 Å². The number of benzene rings is 1. The molecule has 6 N–H and O–H groups in total. The molecule has 2 aliphatic rings. The van der Waals surface area contributed by atoms with Gasteiger partial charge in [-0.15, -0.1) is 0 Å². The van der Waals surface area contributed by atoms with Gasteiger partial charge in [0, 0.05) is 11.6 Å². The third kappa shape index (κ3) is 3.46. The first-order valence-corrected chi connectivity index (χ1v) is 8.32. The Morgan fingerprint density at radius 1 is 1.12 bits per heavy atom. The van der Waals surface area contributed by atoms with Crippen molar-refractivity contribution in [2.75, 3.05) is 6.61 Å². The molecule has 140 valence electrons. The summed E-state index contributed by atoms with van der Waals surface area (Å²) in [5.41, 5.74) is 1.50. The van der Waals surface area contributed by atoms with E-state index >= 15 is 0 Å². The SMILES string of the molecule is C[C@H]1C[C@@H](O[C@@H]2O[C@H](CO)[C@@H](O)[C@H](O)[C@H]2O)Cc2cc(O)cc(O)c21. The predicted molar refractivity (Wildman–Crippen MR) is 85.1 cm³/mol. The zero-order valence-corrected chi connectivity index (χ0v) is 13.8. The second-order valence-electron chi connectivity index (χ2n) is 6.83. The van der Waals surface area contributed by atoms with Crippen molar-refractivity contribution in [3.8, 4) is 11.5 Å². The summed E-state index contributed by atoms with van der Waals surface area (Å²) >= 11 is 0. The second kappa shape index (κ2) is 7.06. The van der Waals surface area contributed by atoms with Crippen molar-refractivity contribution in [3.05, 3.63) is 23.3 Å². The molecule has 0 radical (unpaired) electrons. The predicted octanol–water partition coefficient (Wildman–Crippen LogP) is -0.667. The van der Waals surface area contributed by atoms with Gasteiger partial charge in [0.2, 0.25) is 0 Å². The third-order valence-corrected chi connectivity index (χ3v) is 4.96. The van der Waals surface area contributed by atoms with Crippen molar-refractivity contribution in [1.82, 2.24) is 0 Å². The molecule has 1 aliphatic heterocycles. The van der Waals surface area contributed by atoms with Crippen LogP contribution in [0.2, 0.25) is 0 Å². The van der Waals surface area contributed by atoms with Gasteiger partial charge >= 0.3 is 0 Å². The number of fused-ring (bicyclic) bond motifs is 1. The van der Waals surface area contributed by atoms with Crippen molar-refractivity contribution >= 4 is 0 Å². The van der Waals surface area contributed by atoms with Gasteiger partial charge in [0.05, 0.1) is 12.7 Å². The first-order valence-electron chi connectivity index (χ1n) is 8.32. The summed E-state index contributed by atoms with van der Waals surface area (Å²) in [5, 5.41) is 58.7. The minimum absolute atomic E-state index is 0.0359. The summed E-state index contributed by atoms with van der Waals surface area (Å²) in [4.78, 5) is 0. The standard InChI is InChI=1S/C17H24O8/c1-7-2-10(4-8-3-9(19)5-11(20)13(7)8)24-17-16(23)15(22)14(21)12(6-18)25-17/h3,5,7,10,12,14-23H,2,4,6H2,1H3/t7-,10+,12+,14+,15-,16+,17+/m0/s1. The van der Waals surface area contributed by atoms with Crippen molar-refractivity contribution in [2.24, 2.45) is 0 Å². The molecule has 0 aromatic heterocycles. The lowest BCUT2D eigenvalue weighted by Crippen LogP contribution is -2.59. The summed E-state index contributed by atoms with van der Waals surface area (Å²) in [6.07, 6.45) is -6.05. The highest BCUT2D eigenvalue weighted by Crippen LogP contribution is 2.41. The van der Waals surface area contributed by atoms with E-state index < -0.39 is 37.3 Å². The van der Waals surface area contributed by atoms with Crippen LogP contribution in [-0.2, 0) is 15.9 Å². The van der Waals surface area contributed by atoms with Crippen molar-refractivity contribution in [2.45, 2.75) is 62.5 Å². The zero-order valence-electron chi connectivity index (χ0n) is 13.8. The number of phenols is 2. The van der Waals surface area contributed by atoms with Crippen LogP contribution in [0.4, 0.5) is 0 Å². The highest BCUT2D eigenvalue weighted by molar-refractivity contribution is 5.48. The first-order chi connectivity index (χ1) is 11.8. The van der Waals surface area contributed by atoms with Crippen LogP contribution in [0.1, 0.15) is 30.4 Å². The minimum atomic E-state index is -1.49. The summed E-state index contributed by atoms with van der Waals surface area (Å²) in [6, 6.07) is 2.86. The first kappa shape index (κ1) is 18.4. The van der Waals surface area contributed by atoms with E-state index in [0.29, 0.717) is 12.8 Å². The molecule has 1 aliphatic carbocycles. The maximum Gasteiger partial charge on any atom is 0.186 e. The lowest BCUT2D eigenvalue weighted by molar-refractivity contribution is -0.312. The summed E-state index contributed by atoms with van der Waals surface area (Å²) in [6.45, 7) is 1.40. The number of aliphatic hydroxyl groups is 4. The molecule has 8 heteroatoms. The quantitative estimate of drug-likeness (QED) is 0.419. The number of rotatable bonds is 3. The van der Waals surface area contributed by atoms with Gasteiger partial charge in [-0.2, -0.15) is 0 Å². The number of hydrogen-bond acceptors (Lipinski definition) is 8. The Kier molecular flexibility index (Phi) is 5.19. The van der Waals surface area contributed by atoms with Crippen LogP contribution in [0.3, 0.4) is 0 Å². The molecule has 7 atom stereocenters. The molecule has 0 unspecified atom stereocenters. The van der Waals surface area contributed by atoms with E-state index in [1.54, 1.807) is 6.07 Å². The fourth-order valence-corrected chi connectivity index (χ4v) is 3.73. The van der Waals surface area contributed by atoms with E-state index in [0.717, 1.165) is 11.1 Å². The van der Waals surface area contributed by atoms with Gasteiger partial charge in [-0.1, -0.05) is 6.92 Å². The van der Waals surface area contributed by atoms with Crippen LogP contribution in [0.25, 0.3) is 0 Å². The molecule has 0 spiro atoms. The van der Waals surface area contributed by atoms with Crippen molar-refractivity contribution in [3.63, 3.8) is 0 Å². The summed E-state index contributed by atoms with van der Waals surface area (Å²) < 4.78 is 11.2. The summed E-state index contributed by atoms with van der Waals surface area (Å²) in [5.74, 6) is -0.0510. The molecule has 1 fully saturated rings. The van der Waals surface area contributed by atoms with Crippen LogP contribution >= 0.6 is 0 Å². The van der Waals surface area contributed by atoms with Crippen LogP contribution in [-0.4, -0.2) is 74.1 Å². The molecule has 0 amide bonds. The normalized spacial score (nSPS) is 38.4. The maximum atomic E-state index is 10.1. The topological polar surface area (TPSA) is 140 Å². The Balaban J connectivity index is 1.75. The molecule has 8 nitrogen and oxygen atoms in total. The van der Waals surface area contributed by atoms with E-state index in [1.165, 1.54) is 6.07 Å². The molecule has 1 heterocycles. The number of ether oxygens (including phenoxy) is 2. The fraction of sp³-hybridized carbons (Fsp3) is 0.647. The smallest absolute Gasteiger partial charge is 0.186 e. The van der Waals surface area contributed by atoms with Gasteiger partial charge in [-0.3, -0.25) is 0 Å². The van der Waals surface area contributed by atoms with Gasteiger partial charge in [0.15, 0.2) is 6.29 Å². The highest BCUT2D eigenvalue weighted by Gasteiger charge is 2.45. The van der Waals surface area contributed by atoms with E-state index in [1.807, 2.05) is 6.92 Å². The largest absolute Gasteiger partial charge is 0.508 e. The minimum Gasteiger partial charge on any atom is -0.508 e. The van der Waals surface area contributed by atoms with Crippen molar-refractivity contribution in [1.29, 1.82) is 0 Å². The monoisotopic (exact) mass is 356 g/mol. The molecule has 0 saturated carbocycles. The molecule has 3 rings (SSSR count). The van der Waals surface area contributed by atoms with E-state index in [-0.39, 0.29) is 23.5 Å². The number of hydrogen-bond donors (Lipinski definition) is 6. The molecular formula is C17H24O8. The molecule has 1 saturated heterocycles. The van der Waals surface area contributed by atoms with E-state index in [2.05, 4.69) is 0 Å². The average molecular weight is 356 g/mol. The zero-order chi connectivity index (χ0) is 18.3. The van der Waals surface area contributed by atoms with Gasteiger partial charge in [-0.05, 0) is 30.4 Å². The number of aliphatic hydroxyl groups excluding tert-OH is 4. The maximum absolute atomic E-state index is 10.1. The Labute approximate surface area is 144 Å². The lowest BCUT2D eigenvalue weighted by atomic mass is 9.81. The fourth-order valence-electron chi connectivity index (χ4n) is 3.73. The Morgan fingerprint density at radius 2 is 1.84 bits per heavy atom. The molecular weight excluding hydrogens is 332 g/mol. The lowest BCUT2D eigenvalue weighted by Gasteiger charge is -2.42. The van der Waals surface area contributed by atoms with Gasteiger partial charge in [-0.25, -0.2) is 0 Å². The van der Waals surface area contributed by atoms with E-state index in [4.69, 9.17) is 9.47 Å². The molecule has 0 bridgehead atoms. The Hall–Kier alpha value is -1.42. The molecule has 25 heavy (non-hydrogen) atoms. The van der Waals surface area contributed by atoms with Crippen LogP contribution in [0, 0.1) is 0 Å². The third-order valence-electron chi connectivity index (χ3n) is 4.96. The van der Waals surface area contributed by atoms with E-state index in [9.17, 15) is 30.6 Å². The Bertz CT molecular complexity index is 619. The van der Waals surface area contributed by atoms with Gasteiger partial charge in [0.1, 0.15) is 35.9 Å². The van der Waals surface area contributed by atoms with Crippen molar-refractivity contribution < 1.29 is 40.1 Å². The molecule has 1 aromatic rings. The van der Waals surface area contributed by atoms with Crippen LogP contribution in [0.5, 0.6) is 11.5 Å². The average Bonchev–Trinajstić information content (AvgIpc) is 2.54. The number of phenolic OH excluding ortho intramolecular Hbond substituents is 2. The van der Waals surface area contributed by atoms with Gasteiger partial charge < -0.3 is 40.1 Å². The Morgan fingerprint density at radius 3 is 2.52 bits per heavy atom. The van der Waals surface area contributed by atoms with Crippen LogP contribution < -0.4 is 0 Å². The number of aromatic hydroxyl groups is 2. The van der Waals surface area contributed by atoms with Gasteiger partial charge in [0.25, 0.3) is 0 Å².